The zero-order chi connectivity index (χ0) is 18.1. The maximum Gasteiger partial charge on any atom is 0.341 e. The van der Waals surface area contributed by atoms with Crippen LogP contribution in [-0.2, 0) is 16.0 Å². The summed E-state index contributed by atoms with van der Waals surface area (Å²) in [6, 6.07) is 10.5. The number of hydrogen-bond acceptors (Lipinski definition) is 4. The van der Waals surface area contributed by atoms with Crippen LogP contribution in [-0.4, -0.2) is 24.5 Å². The lowest BCUT2D eigenvalue weighted by Crippen LogP contribution is -2.39. The number of fused-ring (bicyclic) bond motifs is 1. The highest BCUT2D eigenvalue weighted by Gasteiger charge is 2.30. The summed E-state index contributed by atoms with van der Waals surface area (Å²) < 4.78 is 5.29. The number of hydrogen-bond donors (Lipinski definition) is 1. The number of esters is 1. The highest BCUT2D eigenvalue weighted by atomic mass is 35.5. The van der Waals surface area contributed by atoms with Gasteiger partial charge in [-0.1, -0.05) is 41.4 Å². The van der Waals surface area contributed by atoms with Crippen LogP contribution in [0.3, 0.4) is 0 Å². The first-order chi connectivity index (χ1) is 11.9. The molecule has 1 aliphatic rings. The molecule has 0 radical (unpaired) electrons. The first-order valence-electron chi connectivity index (χ1n) is 7.73. The normalized spacial score (nSPS) is 14.1. The van der Waals surface area contributed by atoms with Crippen LogP contribution in [0.4, 0.5) is 11.4 Å². The Bertz CT molecular complexity index is 854. The number of halogens is 2. The molecule has 2 aromatic rings. The molecule has 0 saturated heterocycles. The van der Waals surface area contributed by atoms with Gasteiger partial charge in [0.15, 0.2) is 6.10 Å². The topological polar surface area (TPSA) is 72.6 Å². The van der Waals surface area contributed by atoms with Gasteiger partial charge in [0.05, 0.1) is 16.3 Å². The van der Waals surface area contributed by atoms with E-state index in [0.717, 1.165) is 17.7 Å². The van der Waals surface area contributed by atoms with E-state index in [1.54, 1.807) is 4.90 Å². The summed E-state index contributed by atoms with van der Waals surface area (Å²) in [5, 5.41) is 0.422. The average Bonchev–Trinajstić information content (AvgIpc) is 3.01. The van der Waals surface area contributed by atoms with Crippen LogP contribution in [0, 0.1) is 0 Å². The van der Waals surface area contributed by atoms with Gasteiger partial charge in [-0.25, -0.2) is 4.79 Å². The van der Waals surface area contributed by atoms with Crippen molar-refractivity contribution in [3.8, 4) is 0 Å². The molecular formula is C18H16Cl2N2O3. The summed E-state index contributed by atoms with van der Waals surface area (Å²) in [6.07, 6.45) is -0.185. The molecule has 130 valence electrons. The van der Waals surface area contributed by atoms with Crippen molar-refractivity contribution in [2.45, 2.75) is 19.4 Å². The summed E-state index contributed by atoms with van der Waals surface area (Å²) in [4.78, 5) is 26.6. The molecule has 0 bridgehead atoms. The minimum Gasteiger partial charge on any atom is -0.449 e. The van der Waals surface area contributed by atoms with Gasteiger partial charge < -0.3 is 15.4 Å². The number of para-hydroxylation sites is 1. The van der Waals surface area contributed by atoms with E-state index in [2.05, 4.69) is 0 Å². The van der Waals surface area contributed by atoms with Gasteiger partial charge in [0.2, 0.25) is 0 Å². The number of nitrogens with zero attached hydrogens (tertiary/aromatic N) is 1. The Kier molecular flexibility index (Phi) is 4.88. The maximum absolute atomic E-state index is 12.7. The molecule has 2 aromatic carbocycles. The van der Waals surface area contributed by atoms with Crippen LogP contribution in [0.2, 0.25) is 10.0 Å². The summed E-state index contributed by atoms with van der Waals surface area (Å²) in [6.45, 7) is 2.09. The van der Waals surface area contributed by atoms with Crippen LogP contribution in [0.1, 0.15) is 22.8 Å². The summed E-state index contributed by atoms with van der Waals surface area (Å²) in [5.74, 6) is -1.03. The van der Waals surface area contributed by atoms with E-state index < -0.39 is 12.1 Å². The van der Waals surface area contributed by atoms with Crippen molar-refractivity contribution in [1.82, 2.24) is 0 Å². The van der Waals surface area contributed by atoms with E-state index in [9.17, 15) is 9.59 Å². The number of ether oxygens (including phenoxy) is 1. The third-order valence-corrected chi connectivity index (χ3v) is 4.63. The molecule has 0 spiro atoms. The molecule has 0 aromatic heterocycles. The van der Waals surface area contributed by atoms with Crippen molar-refractivity contribution < 1.29 is 14.3 Å². The van der Waals surface area contributed by atoms with E-state index >= 15 is 0 Å². The number of nitrogens with two attached hydrogens (primary N) is 1. The Balaban J connectivity index is 1.76. The van der Waals surface area contributed by atoms with Gasteiger partial charge in [-0.15, -0.1) is 0 Å². The predicted molar refractivity (Wildman–Crippen MR) is 98.3 cm³/mol. The smallest absolute Gasteiger partial charge is 0.341 e. The largest absolute Gasteiger partial charge is 0.449 e. The standard InChI is InChI=1S/C18H16Cl2N2O3/c1-10(17(23)22-7-6-11-4-2-3-5-15(11)22)25-18(24)13-8-12(19)9-14(20)16(13)21/h2-5,8-10H,6-7,21H2,1H3/t10-/m1/s1. The molecule has 25 heavy (non-hydrogen) atoms. The van der Waals surface area contributed by atoms with Crippen LogP contribution in [0.15, 0.2) is 36.4 Å². The maximum atomic E-state index is 12.7. The third-order valence-electron chi connectivity index (χ3n) is 4.10. The van der Waals surface area contributed by atoms with E-state index in [-0.39, 0.29) is 27.2 Å². The van der Waals surface area contributed by atoms with Gasteiger partial charge in [0, 0.05) is 17.3 Å². The first kappa shape index (κ1) is 17.6. The van der Waals surface area contributed by atoms with Gasteiger partial charge in [-0.2, -0.15) is 0 Å². The molecule has 2 N–H and O–H groups in total. The molecule has 1 atom stereocenters. The third kappa shape index (κ3) is 3.43. The van der Waals surface area contributed by atoms with Gasteiger partial charge in [0.1, 0.15) is 0 Å². The summed E-state index contributed by atoms with van der Waals surface area (Å²) >= 11 is 11.8. The van der Waals surface area contributed by atoms with Crippen LogP contribution in [0.25, 0.3) is 0 Å². The average molecular weight is 379 g/mol. The molecule has 3 rings (SSSR count). The lowest BCUT2D eigenvalue weighted by atomic mass is 10.2. The second kappa shape index (κ2) is 6.94. The highest BCUT2D eigenvalue weighted by Crippen LogP contribution is 2.30. The number of nitrogen functional groups attached to an aromatic ring is 1. The Morgan fingerprint density at radius 3 is 2.72 bits per heavy atom. The van der Waals surface area contributed by atoms with Crippen molar-refractivity contribution in [3.63, 3.8) is 0 Å². The molecule has 0 aliphatic carbocycles. The van der Waals surface area contributed by atoms with Crippen molar-refractivity contribution in [2.24, 2.45) is 0 Å². The molecular weight excluding hydrogens is 363 g/mol. The van der Waals surface area contributed by atoms with Crippen molar-refractivity contribution in [2.75, 3.05) is 17.2 Å². The Hall–Kier alpha value is -2.24. The molecule has 7 heteroatoms. The number of carbonyl (C=O) groups is 2. The molecule has 0 fully saturated rings. The van der Waals surface area contributed by atoms with Crippen LogP contribution >= 0.6 is 23.2 Å². The van der Waals surface area contributed by atoms with Gasteiger partial charge in [-0.3, -0.25) is 4.79 Å². The fraction of sp³-hybridized carbons (Fsp3) is 0.222. The monoisotopic (exact) mass is 378 g/mol. The van der Waals surface area contributed by atoms with Gasteiger partial charge in [0.25, 0.3) is 5.91 Å². The molecule has 5 nitrogen and oxygen atoms in total. The van der Waals surface area contributed by atoms with E-state index in [1.165, 1.54) is 19.1 Å². The molecule has 1 heterocycles. The first-order valence-corrected chi connectivity index (χ1v) is 8.49. The Morgan fingerprint density at radius 1 is 1.24 bits per heavy atom. The molecule has 0 unspecified atom stereocenters. The number of anilines is 2. The van der Waals surface area contributed by atoms with Crippen molar-refractivity contribution >= 4 is 46.5 Å². The Labute approximate surface area is 155 Å². The lowest BCUT2D eigenvalue weighted by Gasteiger charge is -2.22. The number of amides is 1. The number of rotatable bonds is 3. The van der Waals surface area contributed by atoms with Crippen LogP contribution in [0.5, 0.6) is 0 Å². The van der Waals surface area contributed by atoms with E-state index in [4.69, 9.17) is 33.7 Å². The minimum absolute atomic E-state index is 0.0407. The van der Waals surface area contributed by atoms with E-state index in [0.29, 0.717) is 6.54 Å². The minimum atomic E-state index is -0.962. The summed E-state index contributed by atoms with van der Waals surface area (Å²) in [7, 11) is 0. The molecule has 1 aliphatic heterocycles. The fourth-order valence-corrected chi connectivity index (χ4v) is 3.31. The number of benzene rings is 2. The fourth-order valence-electron chi connectivity index (χ4n) is 2.81. The zero-order valence-electron chi connectivity index (χ0n) is 13.5. The Morgan fingerprint density at radius 2 is 1.96 bits per heavy atom. The van der Waals surface area contributed by atoms with Gasteiger partial charge >= 0.3 is 5.97 Å². The highest BCUT2D eigenvalue weighted by molar-refractivity contribution is 6.37. The summed E-state index contributed by atoms with van der Waals surface area (Å²) in [5.41, 5.74) is 7.86. The SMILES string of the molecule is C[C@@H](OC(=O)c1cc(Cl)cc(Cl)c1N)C(=O)N1CCc2ccccc21. The zero-order valence-corrected chi connectivity index (χ0v) is 15.0. The lowest BCUT2D eigenvalue weighted by molar-refractivity contribution is -0.126. The quantitative estimate of drug-likeness (QED) is 0.652. The van der Waals surface area contributed by atoms with Crippen molar-refractivity contribution in [1.29, 1.82) is 0 Å². The predicted octanol–water partition coefficient (Wildman–Crippen LogP) is 3.71. The van der Waals surface area contributed by atoms with Gasteiger partial charge in [-0.05, 0) is 37.1 Å². The van der Waals surface area contributed by atoms with Crippen LogP contribution < -0.4 is 10.6 Å². The second-order valence-corrected chi connectivity index (χ2v) is 6.61. The number of carbonyl (C=O) groups excluding carboxylic acids is 2. The second-order valence-electron chi connectivity index (χ2n) is 5.76. The van der Waals surface area contributed by atoms with E-state index in [1.807, 2.05) is 24.3 Å². The molecule has 0 saturated carbocycles. The molecule has 1 amide bonds. The van der Waals surface area contributed by atoms with Crippen molar-refractivity contribution in [3.05, 3.63) is 57.6 Å².